The maximum Gasteiger partial charge on any atom is 0.243 e. The van der Waals surface area contributed by atoms with Gasteiger partial charge in [0.2, 0.25) is 15.9 Å². The molecular formula is C13H18N2O3S. The number of sulfonamides is 1. The van der Waals surface area contributed by atoms with Crippen molar-refractivity contribution in [3.05, 3.63) is 42.5 Å². The van der Waals surface area contributed by atoms with Crippen molar-refractivity contribution in [2.45, 2.75) is 24.8 Å². The number of amides is 1. The van der Waals surface area contributed by atoms with Gasteiger partial charge in [-0.05, 0) is 24.1 Å². The lowest BCUT2D eigenvalue weighted by Crippen LogP contribution is -2.27. The predicted octanol–water partition coefficient (Wildman–Crippen LogP) is 1.18. The minimum Gasteiger partial charge on any atom is -0.348 e. The van der Waals surface area contributed by atoms with E-state index in [1.54, 1.807) is 18.2 Å². The molecule has 0 saturated carbocycles. The van der Waals surface area contributed by atoms with Crippen molar-refractivity contribution in [2.24, 2.45) is 0 Å². The van der Waals surface area contributed by atoms with Crippen LogP contribution in [0, 0.1) is 0 Å². The van der Waals surface area contributed by atoms with Gasteiger partial charge in [0.15, 0.2) is 0 Å². The lowest BCUT2D eigenvalue weighted by atomic mass is 10.2. The molecular weight excluding hydrogens is 264 g/mol. The lowest BCUT2D eigenvalue weighted by Gasteiger charge is -2.11. The molecule has 0 atom stereocenters. The molecule has 2 N–H and O–H groups in total. The van der Waals surface area contributed by atoms with Crippen molar-refractivity contribution in [2.75, 3.05) is 6.54 Å². The zero-order chi connectivity index (χ0) is 14.3. The van der Waals surface area contributed by atoms with Crippen LogP contribution in [-0.2, 0) is 21.4 Å². The fraction of sp³-hybridized carbons (Fsp3) is 0.308. The molecule has 6 heteroatoms. The first-order valence-electron chi connectivity index (χ1n) is 5.99. The molecule has 5 nitrogen and oxygen atoms in total. The number of nitrogens with one attached hydrogen (secondary N) is 2. The number of rotatable bonds is 7. The molecule has 1 amide bonds. The molecule has 0 spiro atoms. The summed E-state index contributed by atoms with van der Waals surface area (Å²) >= 11 is 0. The Morgan fingerprint density at radius 3 is 2.68 bits per heavy atom. The van der Waals surface area contributed by atoms with E-state index < -0.39 is 10.0 Å². The SMILES string of the molecule is C=CC(=O)NCc1ccccc1S(=O)(=O)NCCC. The van der Waals surface area contributed by atoms with Crippen LogP contribution < -0.4 is 10.0 Å². The zero-order valence-corrected chi connectivity index (χ0v) is 11.7. The Bertz CT molecular complexity index is 553. The first-order chi connectivity index (χ1) is 9.01. The molecule has 1 rings (SSSR count). The van der Waals surface area contributed by atoms with Crippen molar-refractivity contribution in [3.8, 4) is 0 Å². The topological polar surface area (TPSA) is 75.3 Å². The van der Waals surface area contributed by atoms with Gasteiger partial charge in [-0.1, -0.05) is 31.7 Å². The minimum atomic E-state index is -3.53. The molecule has 0 aliphatic heterocycles. The van der Waals surface area contributed by atoms with Gasteiger partial charge < -0.3 is 5.32 Å². The van der Waals surface area contributed by atoms with Crippen LogP contribution in [0.15, 0.2) is 41.8 Å². The van der Waals surface area contributed by atoms with Crippen molar-refractivity contribution in [1.29, 1.82) is 0 Å². The molecule has 0 aliphatic carbocycles. The highest BCUT2D eigenvalue weighted by Crippen LogP contribution is 2.15. The summed E-state index contributed by atoms with van der Waals surface area (Å²) in [4.78, 5) is 11.3. The summed E-state index contributed by atoms with van der Waals surface area (Å²) in [5.74, 6) is -0.339. The Labute approximate surface area is 113 Å². The number of hydrogen-bond acceptors (Lipinski definition) is 3. The quantitative estimate of drug-likeness (QED) is 0.737. The van der Waals surface area contributed by atoms with Gasteiger partial charge in [0.05, 0.1) is 4.90 Å². The molecule has 0 heterocycles. The molecule has 1 aromatic rings. The molecule has 0 bridgehead atoms. The molecule has 0 aliphatic rings. The normalized spacial score (nSPS) is 11.0. The highest BCUT2D eigenvalue weighted by Gasteiger charge is 2.17. The van der Waals surface area contributed by atoms with Crippen molar-refractivity contribution >= 4 is 15.9 Å². The molecule has 0 aromatic heterocycles. The average molecular weight is 282 g/mol. The fourth-order valence-electron chi connectivity index (χ4n) is 1.48. The summed E-state index contributed by atoms with van der Waals surface area (Å²) in [6, 6.07) is 6.57. The third-order valence-corrected chi connectivity index (χ3v) is 4.00. The standard InChI is InChI=1S/C13H18N2O3S/c1-3-9-15-19(17,18)12-8-6-5-7-11(12)10-14-13(16)4-2/h4-8,15H,2-3,9-10H2,1H3,(H,14,16). The molecule has 19 heavy (non-hydrogen) atoms. The second-order valence-electron chi connectivity index (χ2n) is 3.93. The van der Waals surface area contributed by atoms with Gasteiger partial charge in [0.1, 0.15) is 0 Å². The third-order valence-electron chi connectivity index (χ3n) is 2.44. The molecule has 1 aromatic carbocycles. The monoisotopic (exact) mass is 282 g/mol. The maximum absolute atomic E-state index is 12.1. The van der Waals surface area contributed by atoms with Crippen molar-refractivity contribution in [3.63, 3.8) is 0 Å². The van der Waals surface area contributed by atoms with Crippen LogP contribution in [-0.4, -0.2) is 20.9 Å². The average Bonchev–Trinajstić information content (AvgIpc) is 2.42. The summed E-state index contributed by atoms with van der Waals surface area (Å²) in [6.07, 6.45) is 1.86. The van der Waals surface area contributed by atoms with E-state index in [1.807, 2.05) is 6.92 Å². The van der Waals surface area contributed by atoms with Crippen molar-refractivity contribution < 1.29 is 13.2 Å². The Balaban J connectivity index is 2.95. The van der Waals surface area contributed by atoms with Gasteiger partial charge in [-0.2, -0.15) is 0 Å². The Kier molecular flexibility index (Phi) is 5.72. The second-order valence-corrected chi connectivity index (χ2v) is 5.66. The minimum absolute atomic E-state index is 0.147. The van der Waals surface area contributed by atoms with E-state index in [2.05, 4.69) is 16.6 Å². The van der Waals surface area contributed by atoms with Gasteiger partial charge in [-0.25, -0.2) is 13.1 Å². The van der Waals surface area contributed by atoms with Gasteiger partial charge in [0.25, 0.3) is 0 Å². The van der Waals surface area contributed by atoms with Crippen LogP contribution in [0.25, 0.3) is 0 Å². The summed E-state index contributed by atoms with van der Waals surface area (Å²) in [6.45, 7) is 5.76. The zero-order valence-electron chi connectivity index (χ0n) is 10.8. The fourth-order valence-corrected chi connectivity index (χ4v) is 2.85. The van der Waals surface area contributed by atoms with Gasteiger partial charge in [-0.3, -0.25) is 4.79 Å². The van der Waals surface area contributed by atoms with E-state index in [9.17, 15) is 13.2 Å². The highest BCUT2D eigenvalue weighted by molar-refractivity contribution is 7.89. The lowest BCUT2D eigenvalue weighted by molar-refractivity contribution is -0.116. The third kappa shape index (κ3) is 4.50. The van der Waals surface area contributed by atoms with Gasteiger partial charge in [-0.15, -0.1) is 0 Å². The number of carbonyl (C=O) groups excluding carboxylic acids is 1. The Morgan fingerprint density at radius 1 is 1.37 bits per heavy atom. The predicted molar refractivity (Wildman–Crippen MR) is 74.0 cm³/mol. The second kappa shape index (κ2) is 7.06. The summed E-state index contributed by atoms with van der Waals surface area (Å²) < 4.78 is 26.7. The first kappa shape index (κ1) is 15.4. The molecule has 0 unspecified atom stereocenters. The van der Waals surface area contributed by atoms with Crippen LogP contribution in [0.5, 0.6) is 0 Å². The van der Waals surface area contributed by atoms with Crippen LogP contribution in [0.3, 0.4) is 0 Å². The van der Waals surface area contributed by atoms with Crippen LogP contribution in [0.1, 0.15) is 18.9 Å². The van der Waals surface area contributed by atoms with E-state index in [-0.39, 0.29) is 17.3 Å². The maximum atomic E-state index is 12.1. The first-order valence-corrected chi connectivity index (χ1v) is 7.47. The van der Waals surface area contributed by atoms with Crippen LogP contribution in [0.2, 0.25) is 0 Å². The van der Waals surface area contributed by atoms with Gasteiger partial charge in [0, 0.05) is 13.1 Å². The summed E-state index contributed by atoms with van der Waals surface area (Å²) in [5, 5.41) is 2.57. The van der Waals surface area contributed by atoms with E-state index >= 15 is 0 Å². The van der Waals surface area contributed by atoms with Crippen LogP contribution in [0.4, 0.5) is 0 Å². The Hall–Kier alpha value is -1.66. The molecule has 104 valence electrons. The van der Waals surface area contributed by atoms with E-state index in [4.69, 9.17) is 0 Å². The van der Waals surface area contributed by atoms with E-state index in [1.165, 1.54) is 6.07 Å². The number of hydrogen-bond donors (Lipinski definition) is 2. The smallest absolute Gasteiger partial charge is 0.243 e. The highest BCUT2D eigenvalue weighted by atomic mass is 32.2. The summed E-state index contributed by atoms with van der Waals surface area (Å²) in [5.41, 5.74) is 0.543. The van der Waals surface area contributed by atoms with Crippen molar-refractivity contribution in [1.82, 2.24) is 10.0 Å². The molecule has 0 radical (unpaired) electrons. The number of carbonyl (C=O) groups is 1. The summed E-state index contributed by atoms with van der Waals surface area (Å²) in [7, 11) is -3.53. The number of benzene rings is 1. The van der Waals surface area contributed by atoms with E-state index in [0.717, 1.165) is 6.08 Å². The largest absolute Gasteiger partial charge is 0.348 e. The van der Waals surface area contributed by atoms with E-state index in [0.29, 0.717) is 18.5 Å². The van der Waals surface area contributed by atoms with Gasteiger partial charge >= 0.3 is 0 Å². The molecule has 0 fully saturated rings. The molecule has 0 saturated heterocycles. The Morgan fingerprint density at radius 2 is 2.05 bits per heavy atom. The van der Waals surface area contributed by atoms with Crippen LogP contribution >= 0.6 is 0 Å².